The molecule has 0 aromatic carbocycles. The maximum atomic E-state index is 12.3. The summed E-state index contributed by atoms with van der Waals surface area (Å²) in [6, 6.07) is 5.59. The summed E-state index contributed by atoms with van der Waals surface area (Å²) >= 11 is 1.48. The Labute approximate surface area is 162 Å². The summed E-state index contributed by atoms with van der Waals surface area (Å²) in [4.78, 5) is 36.4. The molecule has 0 saturated heterocycles. The first-order valence-corrected chi connectivity index (χ1v) is 10.2. The molecule has 1 aliphatic heterocycles. The number of hydrogen-bond donors (Lipinski definition) is 2. The zero-order valence-electron chi connectivity index (χ0n) is 15.1. The molecule has 1 aliphatic carbocycles. The number of amides is 2. The minimum absolute atomic E-state index is 0.110. The van der Waals surface area contributed by atoms with E-state index in [4.69, 9.17) is 0 Å². The molecule has 2 aliphatic rings. The van der Waals surface area contributed by atoms with Crippen LogP contribution in [0.15, 0.2) is 24.4 Å². The number of anilines is 1. The van der Waals surface area contributed by atoms with Gasteiger partial charge in [0.1, 0.15) is 5.69 Å². The van der Waals surface area contributed by atoms with Crippen LogP contribution in [0.2, 0.25) is 0 Å². The average molecular weight is 385 g/mol. The van der Waals surface area contributed by atoms with E-state index in [1.54, 1.807) is 24.4 Å². The van der Waals surface area contributed by atoms with Gasteiger partial charge in [0.2, 0.25) is 5.91 Å². The van der Waals surface area contributed by atoms with Crippen LogP contribution in [0.1, 0.15) is 46.7 Å². The Morgan fingerprint density at radius 2 is 2.11 bits per heavy atom. The predicted molar refractivity (Wildman–Crippen MR) is 104 cm³/mol. The molecule has 4 rings (SSSR count). The van der Waals surface area contributed by atoms with Gasteiger partial charge in [0.25, 0.3) is 5.91 Å². The number of fused-ring (bicyclic) bond motifs is 1. The number of rotatable bonds is 5. The van der Waals surface area contributed by atoms with E-state index in [1.807, 2.05) is 0 Å². The van der Waals surface area contributed by atoms with Gasteiger partial charge in [-0.1, -0.05) is 18.9 Å². The number of carbonyl (C=O) groups excluding carboxylic acids is 2. The van der Waals surface area contributed by atoms with E-state index < -0.39 is 0 Å². The molecular weight excluding hydrogens is 362 g/mol. The lowest BCUT2D eigenvalue weighted by atomic mass is 10.2. The number of aromatic nitrogens is 2. The SMILES string of the molecule is O=C(CN1CCc2nc(NC(=O)c3ccccn3)sc2C1)NC1CCCC1. The van der Waals surface area contributed by atoms with Crippen LogP contribution in [-0.2, 0) is 17.8 Å². The van der Waals surface area contributed by atoms with Crippen molar-refractivity contribution in [1.29, 1.82) is 0 Å². The second-order valence-corrected chi connectivity index (χ2v) is 8.15. The number of nitrogens with one attached hydrogen (secondary N) is 2. The third-order valence-corrected chi connectivity index (χ3v) is 6.01. The molecule has 1 saturated carbocycles. The van der Waals surface area contributed by atoms with Crippen LogP contribution in [0.4, 0.5) is 5.13 Å². The van der Waals surface area contributed by atoms with Crippen LogP contribution in [0, 0.1) is 0 Å². The van der Waals surface area contributed by atoms with Gasteiger partial charge in [-0.2, -0.15) is 0 Å². The maximum Gasteiger partial charge on any atom is 0.276 e. The van der Waals surface area contributed by atoms with Crippen molar-refractivity contribution in [2.24, 2.45) is 0 Å². The number of carbonyl (C=O) groups is 2. The van der Waals surface area contributed by atoms with Gasteiger partial charge in [0.05, 0.1) is 12.2 Å². The van der Waals surface area contributed by atoms with Gasteiger partial charge in [0, 0.05) is 36.6 Å². The maximum absolute atomic E-state index is 12.3. The zero-order chi connectivity index (χ0) is 18.6. The van der Waals surface area contributed by atoms with Gasteiger partial charge in [0.15, 0.2) is 5.13 Å². The first kappa shape index (κ1) is 18.1. The monoisotopic (exact) mass is 385 g/mol. The fourth-order valence-corrected chi connectivity index (χ4v) is 4.69. The highest BCUT2D eigenvalue weighted by Gasteiger charge is 2.24. The highest BCUT2D eigenvalue weighted by atomic mass is 32.1. The smallest absolute Gasteiger partial charge is 0.276 e. The quantitative estimate of drug-likeness (QED) is 0.824. The zero-order valence-corrected chi connectivity index (χ0v) is 15.9. The van der Waals surface area contributed by atoms with Crippen molar-refractivity contribution >= 4 is 28.3 Å². The van der Waals surface area contributed by atoms with Gasteiger partial charge in [-0.3, -0.25) is 24.8 Å². The summed E-state index contributed by atoms with van der Waals surface area (Å²) in [6.45, 7) is 1.93. The van der Waals surface area contributed by atoms with Gasteiger partial charge in [-0.05, 0) is 25.0 Å². The summed E-state index contributed by atoms with van der Waals surface area (Å²) in [7, 11) is 0. The number of pyridine rings is 1. The molecular formula is C19H23N5O2S. The van der Waals surface area contributed by atoms with E-state index in [2.05, 4.69) is 25.5 Å². The first-order valence-electron chi connectivity index (χ1n) is 9.40. The van der Waals surface area contributed by atoms with Crippen LogP contribution < -0.4 is 10.6 Å². The Kier molecular flexibility index (Phi) is 5.45. The summed E-state index contributed by atoms with van der Waals surface area (Å²) < 4.78 is 0. The normalized spacial score (nSPS) is 17.5. The van der Waals surface area contributed by atoms with Crippen LogP contribution in [-0.4, -0.2) is 45.8 Å². The van der Waals surface area contributed by atoms with Gasteiger partial charge in [-0.15, -0.1) is 11.3 Å². The minimum Gasteiger partial charge on any atom is -0.352 e. The van der Waals surface area contributed by atoms with Crippen molar-refractivity contribution in [3.8, 4) is 0 Å². The Balaban J connectivity index is 1.33. The van der Waals surface area contributed by atoms with Gasteiger partial charge in [-0.25, -0.2) is 4.98 Å². The standard InChI is InChI=1S/C19H23N5O2S/c25-17(21-13-5-1-2-6-13)12-24-10-8-14-16(11-24)27-19(22-14)23-18(26)15-7-3-4-9-20-15/h3-4,7,9,13H,1-2,5-6,8,10-12H2,(H,21,25)(H,22,23,26). The largest absolute Gasteiger partial charge is 0.352 e. The molecule has 1 fully saturated rings. The molecule has 27 heavy (non-hydrogen) atoms. The fraction of sp³-hybridized carbons (Fsp3) is 0.474. The molecule has 8 heteroatoms. The molecule has 0 atom stereocenters. The van der Waals surface area contributed by atoms with Crippen LogP contribution >= 0.6 is 11.3 Å². The summed E-state index contributed by atoms with van der Waals surface area (Å²) in [5.74, 6) is -0.145. The molecule has 3 heterocycles. The predicted octanol–water partition coefficient (Wildman–Crippen LogP) is 2.21. The van der Waals surface area contributed by atoms with E-state index >= 15 is 0 Å². The average Bonchev–Trinajstić information content (AvgIpc) is 3.31. The molecule has 0 spiro atoms. The minimum atomic E-state index is -0.255. The van der Waals surface area contributed by atoms with Crippen molar-refractivity contribution in [2.45, 2.75) is 44.7 Å². The van der Waals surface area contributed by atoms with Crippen molar-refractivity contribution in [1.82, 2.24) is 20.2 Å². The molecule has 0 radical (unpaired) electrons. The number of thiazole rings is 1. The molecule has 2 N–H and O–H groups in total. The molecule has 2 aromatic rings. The first-order chi connectivity index (χ1) is 13.2. The van der Waals surface area contributed by atoms with E-state index in [1.165, 1.54) is 24.2 Å². The Morgan fingerprint density at radius 3 is 2.89 bits per heavy atom. The van der Waals surface area contributed by atoms with E-state index in [0.29, 0.717) is 30.0 Å². The Hall–Kier alpha value is -2.32. The van der Waals surface area contributed by atoms with Crippen molar-refractivity contribution < 1.29 is 9.59 Å². The van der Waals surface area contributed by atoms with Crippen LogP contribution in [0.3, 0.4) is 0 Å². The lowest BCUT2D eigenvalue weighted by Crippen LogP contribution is -2.42. The highest BCUT2D eigenvalue weighted by molar-refractivity contribution is 7.15. The fourth-order valence-electron chi connectivity index (χ4n) is 3.64. The van der Waals surface area contributed by atoms with Gasteiger partial charge < -0.3 is 5.32 Å². The second kappa shape index (κ2) is 8.14. The van der Waals surface area contributed by atoms with Gasteiger partial charge >= 0.3 is 0 Å². The van der Waals surface area contributed by atoms with Crippen molar-refractivity contribution in [3.63, 3.8) is 0 Å². The second-order valence-electron chi connectivity index (χ2n) is 7.07. The number of nitrogens with zero attached hydrogens (tertiary/aromatic N) is 3. The third kappa shape index (κ3) is 4.51. The topological polar surface area (TPSA) is 87.2 Å². The molecule has 142 valence electrons. The molecule has 0 unspecified atom stereocenters. The summed E-state index contributed by atoms with van der Waals surface area (Å²) in [5, 5.41) is 6.56. The highest BCUT2D eigenvalue weighted by Crippen LogP contribution is 2.28. The lowest BCUT2D eigenvalue weighted by Gasteiger charge is -2.25. The molecule has 2 amide bonds. The van der Waals surface area contributed by atoms with Crippen LogP contribution in [0.25, 0.3) is 0 Å². The number of hydrogen-bond acceptors (Lipinski definition) is 6. The Bertz CT molecular complexity index is 817. The van der Waals surface area contributed by atoms with Crippen molar-refractivity contribution in [2.75, 3.05) is 18.4 Å². The van der Waals surface area contributed by atoms with E-state index in [9.17, 15) is 9.59 Å². The molecule has 2 aromatic heterocycles. The van der Waals surface area contributed by atoms with E-state index in [-0.39, 0.29) is 11.8 Å². The van der Waals surface area contributed by atoms with E-state index in [0.717, 1.165) is 36.4 Å². The van der Waals surface area contributed by atoms with Crippen LogP contribution in [0.5, 0.6) is 0 Å². The summed E-state index contributed by atoms with van der Waals surface area (Å²) in [5.41, 5.74) is 1.39. The summed E-state index contributed by atoms with van der Waals surface area (Å²) in [6.07, 6.45) is 7.02. The molecule has 7 nitrogen and oxygen atoms in total. The molecule has 0 bridgehead atoms. The lowest BCUT2D eigenvalue weighted by molar-refractivity contribution is -0.123. The third-order valence-electron chi connectivity index (χ3n) is 5.02. The Morgan fingerprint density at radius 1 is 1.26 bits per heavy atom. The van der Waals surface area contributed by atoms with Crippen molar-refractivity contribution in [3.05, 3.63) is 40.7 Å².